The van der Waals surface area contributed by atoms with Crippen LogP contribution < -0.4 is 10.2 Å². The molecule has 1 unspecified atom stereocenters. The predicted molar refractivity (Wildman–Crippen MR) is 123 cm³/mol. The molecule has 2 amide bonds. The standard InChI is InChI=1S/C25H24N2O3S/c28-22(19-9-2-1-3-10-19)16-26-25(30)20-11-5-7-13-23(20)31-17-24(29)27-15-14-18-8-4-6-12-21(18)27/h1-13,22,28H,14-17H2,(H,26,30). The Hall–Kier alpha value is -3.09. The summed E-state index contributed by atoms with van der Waals surface area (Å²) in [6, 6.07) is 24.4. The molecule has 0 aliphatic carbocycles. The van der Waals surface area contributed by atoms with Gasteiger partial charge in [0.25, 0.3) is 5.91 Å². The fourth-order valence-corrected chi connectivity index (χ4v) is 4.60. The van der Waals surface area contributed by atoms with Gasteiger partial charge in [-0.15, -0.1) is 11.8 Å². The van der Waals surface area contributed by atoms with Crippen LogP contribution in [-0.2, 0) is 11.2 Å². The first-order chi connectivity index (χ1) is 15.1. The molecule has 0 radical (unpaired) electrons. The number of aliphatic hydroxyl groups excluding tert-OH is 1. The molecule has 0 spiro atoms. The number of carbonyl (C=O) groups excluding carboxylic acids is 2. The maximum Gasteiger partial charge on any atom is 0.252 e. The van der Waals surface area contributed by atoms with Crippen LogP contribution in [-0.4, -0.2) is 35.8 Å². The summed E-state index contributed by atoms with van der Waals surface area (Å²) in [6.07, 6.45) is 0.0942. The number of nitrogens with zero attached hydrogens (tertiary/aromatic N) is 1. The molecule has 0 bridgehead atoms. The van der Waals surface area contributed by atoms with Gasteiger partial charge in [-0.2, -0.15) is 0 Å². The Balaban J connectivity index is 1.37. The van der Waals surface area contributed by atoms with Crippen molar-refractivity contribution in [1.29, 1.82) is 0 Å². The van der Waals surface area contributed by atoms with Crippen molar-refractivity contribution in [2.75, 3.05) is 23.7 Å². The molecule has 6 heteroatoms. The summed E-state index contributed by atoms with van der Waals surface area (Å²) in [5.74, 6) is 0.0207. The van der Waals surface area contributed by atoms with Gasteiger partial charge in [0.05, 0.1) is 17.4 Å². The van der Waals surface area contributed by atoms with E-state index in [9.17, 15) is 14.7 Å². The number of rotatable bonds is 7. The van der Waals surface area contributed by atoms with Gasteiger partial charge in [-0.1, -0.05) is 60.7 Å². The molecule has 2 N–H and O–H groups in total. The van der Waals surface area contributed by atoms with Crippen molar-refractivity contribution in [2.24, 2.45) is 0 Å². The number of nitrogens with one attached hydrogen (secondary N) is 1. The smallest absolute Gasteiger partial charge is 0.252 e. The Morgan fingerprint density at radius 2 is 1.68 bits per heavy atom. The van der Waals surface area contributed by atoms with Gasteiger partial charge in [0.2, 0.25) is 5.91 Å². The average molecular weight is 433 g/mol. The molecule has 1 heterocycles. The van der Waals surface area contributed by atoms with Crippen LogP contribution in [0.2, 0.25) is 0 Å². The fraction of sp³-hybridized carbons (Fsp3) is 0.200. The van der Waals surface area contributed by atoms with Crippen molar-refractivity contribution in [3.63, 3.8) is 0 Å². The van der Waals surface area contributed by atoms with E-state index in [1.54, 1.807) is 12.1 Å². The molecule has 4 rings (SSSR count). The van der Waals surface area contributed by atoms with Crippen molar-refractivity contribution >= 4 is 29.3 Å². The van der Waals surface area contributed by atoms with Gasteiger partial charge < -0.3 is 15.3 Å². The Bertz CT molecular complexity index is 1070. The Morgan fingerprint density at radius 3 is 2.52 bits per heavy atom. The van der Waals surface area contributed by atoms with Crippen LogP contribution in [0, 0.1) is 0 Å². The Morgan fingerprint density at radius 1 is 0.968 bits per heavy atom. The van der Waals surface area contributed by atoms with Crippen LogP contribution in [0.5, 0.6) is 0 Å². The quantitative estimate of drug-likeness (QED) is 0.557. The third-order valence-corrected chi connectivity index (χ3v) is 6.37. The maximum atomic E-state index is 12.8. The van der Waals surface area contributed by atoms with Crippen molar-refractivity contribution < 1.29 is 14.7 Å². The molecule has 31 heavy (non-hydrogen) atoms. The van der Waals surface area contributed by atoms with Gasteiger partial charge in [0.1, 0.15) is 0 Å². The minimum absolute atomic E-state index is 0.0321. The summed E-state index contributed by atoms with van der Waals surface area (Å²) in [7, 11) is 0. The van der Waals surface area contributed by atoms with E-state index in [-0.39, 0.29) is 24.1 Å². The zero-order valence-corrected chi connectivity index (χ0v) is 17.8. The van der Waals surface area contributed by atoms with Crippen LogP contribution >= 0.6 is 11.8 Å². The summed E-state index contributed by atoms with van der Waals surface area (Å²) in [4.78, 5) is 28.1. The van der Waals surface area contributed by atoms with Crippen molar-refractivity contribution in [1.82, 2.24) is 5.32 Å². The third kappa shape index (κ3) is 4.98. The van der Waals surface area contributed by atoms with E-state index in [0.717, 1.165) is 22.6 Å². The molecule has 0 saturated heterocycles. The van der Waals surface area contributed by atoms with Crippen LogP contribution in [0.15, 0.2) is 83.8 Å². The zero-order valence-electron chi connectivity index (χ0n) is 17.0. The van der Waals surface area contributed by atoms with Crippen LogP contribution in [0.3, 0.4) is 0 Å². The minimum Gasteiger partial charge on any atom is -0.387 e. The molecule has 3 aromatic carbocycles. The highest BCUT2D eigenvalue weighted by Crippen LogP contribution is 2.29. The van der Waals surface area contributed by atoms with E-state index in [0.29, 0.717) is 12.1 Å². The molecule has 0 aromatic heterocycles. The minimum atomic E-state index is -0.776. The largest absolute Gasteiger partial charge is 0.387 e. The number of para-hydroxylation sites is 1. The van der Waals surface area contributed by atoms with Gasteiger partial charge >= 0.3 is 0 Å². The zero-order chi connectivity index (χ0) is 21.6. The summed E-state index contributed by atoms with van der Waals surface area (Å²) >= 11 is 1.36. The highest BCUT2D eigenvalue weighted by molar-refractivity contribution is 8.00. The first-order valence-corrected chi connectivity index (χ1v) is 11.2. The number of benzene rings is 3. The first-order valence-electron chi connectivity index (χ1n) is 10.2. The summed E-state index contributed by atoms with van der Waals surface area (Å²) < 4.78 is 0. The number of aliphatic hydroxyl groups is 1. The van der Waals surface area contributed by atoms with E-state index in [1.807, 2.05) is 65.6 Å². The SMILES string of the molecule is O=C(NCC(O)c1ccccc1)c1ccccc1SCC(=O)N1CCc2ccccc21. The number of thioether (sulfide) groups is 1. The van der Waals surface area contributed by atoms with E-state index < -0.39 is 6.10 Å². The lowest BCUT2D eigenvalue weighted by Gasteiger charge is -2.18. The van der Waals surface area contributed by atoms with Gasteiger partial charge in [-0.25, -0.2) is 0 Å². The molecule has 158 valence electrons. The van der Waals surface area contributed by atoms with Crippen LogP contribution in [0.1, 0.15) is 27.6 Å². The van der Waals surface area contributed by atoms with Gasteiger partial charge in [0.15, 0.2) is 0 Å². The van der Waals surface area contributed by atoms with Crippen LogP contribution in [0.25, 0.3) is 0 Å². The number of hydrogen-bond acceptors (Lipinski definition) is 4. The normalized spacial score (nSPS) is 13.5. The highest BCUT2D eigenvalue weighted by Gasteiger charge is 2.24. The van der Waals surface area contributed by atoms with E-state index in [4.69, 9.17) is 0 Å². The van der Waals surface area contributed by atoms with E-state index in [2.05, 4.69) is 11.4 Å². The summed E-state index contributed by atoms with van der Waals surface area (Å²) in [5.41, 5.74) is 3.43. The highest BCUT2D eigenvalue weighted by atomic mass is 32.2. The average Bonchev–Trinajstić information content (AvgIpc) is 3.26. The van der Waals surface area contributed by atoms with E-state index >= 15 is 0 Å². The van der Waals surface area contributed by atoms with Crippen molar-refractivity contribution in [3.8, 4) is 0 Å². The Kier molecular flexibility index (Phi) is 6.70. The molecule has 0 fully saturated rings. The van der Waals surface area contributed by atoms with Crippen molar-refractivity contribution in [2.45, 2.75) is 17.4 Å². The number of fused-ring (bicyclic) bond motifs is 1. The molecule has 1 atom stereocenters. The predicted octanol–water partition coefficient (Wildman–Crippen LogP) is 3.83. The van der Waals surface area contributed by atoms with Gasteiger partial charge in [-0.3, -0.25) is 9.59 Å². The number of amides is 2. The third-order valence-electron chi connectivity index (χ3n) is 5.31. The number of anilines is 1. The first kappa shape index (κ1) is 21.2. The molecule has 0 saturated carbocycles. The second-order valence-electron chi connectivity index (χ2n) is 7.35. The van der Waals surface area contributed by atoms with Gasteiger partial charge in [0, 0.05) is 23.7 Å². The lowest BCUT2D eigenvalue weighted by molar-refractivity contribution is -0.116. The maximum absolute atomic E-state index is 12.8. The topological polar surface area (TPSA) is 69.6 Å². The summed E-state index contributed by atoms with van der Waals surface area (Å²) in [6.45, 7) is 0.809. The molecule has 3 aromatic rings. The molecule has 1 aliphatic rings. The van der Waals surface area contributed by atoms with Crippen molar-refractivity contribution in [3.05, 3.63) is 95.6 Å². The molecule has 5 nitrogen and oxygen atoms in total. The fourth-order valence-electron chi connectivity index (χ4n) is 3.67. The molecular formula is C25H24N2O3S. The lowest BCUT2D eigenvalue weighted by atomic mass is 10.1. The summed E-state index contributed by atoms with van der Waals surface area (Å²) in [5, 5.41) is 13.1. The van der Waals surface area contributed by atoms with Crippen LogP contribution in [0.4, 0.5) is 5.69 Å². The van der Waals surface area contributed by atoms with Gasteiger partial charge in [-0.05, 0) is 35.7 Å². The van der Waals surface area contributed by atoms with E-state index in [1.165, 1.54) is 17.3 Å². The second-order valence-corrected chi connectivity index (χ2v) is 8.36. The second kappa shape index (κ2) is 9.81. The molecular weight excluding hydrogens is 408 g/mol. The lowest BCUT2D eigenvalue weighted by Crippen LogP contribution is -2.31. The number of hydrogen-bond donors (Lipinski definition) is 2. The molecule has 1 aliphatic heterocycles. The monoisotopic (exact) mass is 432 g/mol. The number of carbonyl (C=O) groups is 2. The Labute approximate surface area is 186 Å².